The monoisotopic (exact) mass is 360 g/mol. The standard InChI is InChI=1S/C19H24N2O3S/c1-5-15(4)20-19(22)18-12-17(11-8-14(18)3)25(23,24)21-16-9-6-13(2)7-10-16/h6-12,15,21H,5H2,1-4H3,(H,20,22). The second-order valence-electron chi connectivity index (χ2n) is 6.23. The smallest absolute Gasteiger partial charge is 0.261 e. The summed E-state index contributed by atoms with van der Waals surface area (Å²) in [6, 6.07) is 11.7. The first kappa shape index (κ1) is 19.0. The largest absolute Gasteiger partial charge is 0.350 e. The minimum absolute atomic E-state index is 0.0258. The summed E-state index contributed by atoms with van der Waals surface area (Å²) in [4.78, 5) is 12.4. The van der Waals surface area contributed by atoms with E-state index in [4.69, 9.17) is 0 Å². The average Bonchev–Trinajstić information content (AvgIpc) is 2.56. The highest BCUT2D eigenvalue weighted by molar-refractivity contribution is 7.92. The molecular weight excluding hydrogens is 336 g/mol. The third-order valence-corrected chi connectivity index (χ3v) is 5.44. The van der Waals surface area contributed by atoms with E-state index in [1.807, 2.05) is 32.9 Å². The molecule has 0 bridgehead atoms. The molecule has 0 aliphatic rings. The van der Waals surface area contributed by atoms with Crippen molar-refractivity contribution in [3.8, 4) is 0 Å². The van der Waals surface area contributed by atoms with Gasteiger partial charge in [0.2, 0.25) is 0 Å². The third kappa shape index (κ3) is 4.82. The lowest BCUT2D eigenvalue weighted by atomic mass is 10.1. The Morgan fingerprint density at radius 3 is 2.32 bits per heavy atom. The summed E-state index contributed by atoms with van der Waals surface area (Å²) < 4.78 is 27.8. The number of nitrogens with one attached hydrogen (secondary N) is 2. The van der Waals surface area contributed by atoms with Gasteiger partial charge >= 0.3 is 0 Å². The van der Waals surface area contributed by atoms with Crippen molar-refractivity contribution in [2.45, 2.75) is 45.1 Å². The van der Waals surface area contributed by atoms with Crippen LogP contribution in [0.3, 0.4) is 0 Å². The van der Waals surface area contributed by atoms with Crippen LogP contribution in [0, 0.1) is 13.8 Å². The Kier molecular flexibility index (Phi) is 5.85. The summed E-state index contributed by atoms with van der Waals surface area (Å²) in [5, 5.41) is 2.87. The number of amides is 1. The van der Waals surface area contributed by atoms with Crippen LogP contribution in [0.25, 0.3) is 0 Å². The first-order chi connectivity index (χ1) is 11.7. The molecule has 2 aromatic rings. The van der Waals surface area contributed by atoms with E-state index in [0.29, 0.717) is 11.3 Å². The summed E-state index contributed by atoms with van der Waals surface area (Å²) in [6.45, 7) is 7.60. The molecule has 1 unspecified atom stereocenters. The number of carbonyl (C=O) groups excluding carboxylic acids is 1. The Morgan fingerprint density at radius 2 is 1.72 bits per heavy atom. The fourth-order valence-electron chi connectivity index (χ4n) is 2.25. The van der Waals surface area contributed by atoms with Gasteiger partial charge in [-0.05, 0) is 57.0 Å². The minimum atomic E-state index is -3.76. The molecular formula is C19H24N2O3S. The average molecular weight is 360 g/mol. The number of aryl methyl sites for hydroxylation is 2. The van der Waals surface area contributed by atoms with Crippen LogP contribution < -0.4 is 10.0 Å². The van der Waals surface area contributed by atoms with Gasteiger partial charge in [0.1, 0.15) is 0 Å². The van der Waals surface area contributed by atoms with Gasteiger partial charge in [0.05, 0.1) is 4.90 Å². The molecule has 2 N–H and O–H groups in total. The Balaban J connectivity index is 2.30. The molecule has 0 aliphatic heterocycles. The number of benzene rings is 2. The lowest BCUT2D eigenvalue weighted by Gasteiger charge is -2.14. The van der Waals surface area contributed by atoms with Gasteiger partial charge in [-0.25, -0.2) is 8.42 Å². The Bertz CT molecular complexity index is 859. The van der Waals surface area contributed by atoms with Crippen molar-refractivity contribution in [1.29, 1.82) is 0 Å². The van der Waals surface area contributed by atoms with Crippen molar-refractivity contribution in [2.24, 2.45) is 0 Å². The Hall–Kier alpha value is -2.34. The van der Waals surface area contributed by atoms with Crippen molar-refractivity contribution in [1.82, 2.24) is 5.32 Å². The van der Waals surface area contributed by atoms with Crippen LogP contribution in [0.1, 0.15) is 41.8 Å². The second kappa shape index (κ2) is 7.70. The molecule has 0 spiro atoms. The molecule has 0 saturated heterocycles. The number of anilines is 1. The first-order valence-electron chi connectivity index (χ1n) is 8.24. The molecule has 2 aromatic carbocycles. The minimum Gasteiger partial charge on any atom is -0.350 e. The predicted octanol–water partition coefficient (Wildman–Crippen LogP) is 3.63. The molecule has 1 amide bonds. The Labute approximate surface area is 149 Å². The van der Waals surface area contributed by atoms with Crippen molar-refractivity contribution in [3.05, 3.63) is 59.2 Å². The van der Waals surface area contributed by atoms with Gasteiger partial charge in [-0.3, -0.25) is 9.52 Å². The van der Waals surface area contributed by atoms with E-state index in [1.165, 1.54) is 12.1 Å². The SMILES string of the molecule is CCC(C)NC(=O)c1cc(S(=O)(=O)Nc2ccc(C)cc2)ccc1C. The van der Waals surface area contributed by atoms with Crippen molar-refractivity contribution in [2.75, 3.05) is 4.72 Å². The third-order valence-electron chi connectivity index (χ3n) is 4.06. The predicted molar refractivity (Wildman–Crippen MR) is 100 cm³/mol. The molecule has 134 valence electrons. The number of hydrogen-bond acceptors (Lipinski definition) is 3. The van der Waals surface area contributed by atoms with Gasteiger partial charge < -0.3 is 5.32 Å². The zero-order chi connectivity index (χ0) is 18.6. The molecule has 5 nitrogen and oxygen atoms in total. The summed E-state index contributed by atoms with van der Waals surface area (Å²) in [5.74, 6) is -0.265. The van der Waals surface area contributed by atoms with Gasteiger partial charge in [-0.1, -0.05) is 30.7 Å². The highest BCUT2D eigenvalue weighted by Gasteiger charge is 2.19. The Morgan fingerprint density at radius 1 is 1.08 bits per heavy atom. The van der Waals surface area contributed by atoms with Gasteiger partial charge in [-0.2, -0.15) is 0 Å². The van der Waals surface area contributed by atoms with E-state index in [2.05, 4.69) is 10.0 Å². The lowest BCUT2D eigenvalue weighted by Crippen LogP contribution is -2.32. The van der Waals surface area contributed by atoms with Crippen molar-refractivity contribution < 1.29 is 13.2 Å². The molecule has 0 heterocycles. The topological polar surface area (TPSA) is 75.3 Å². The molecule has 0 radical (unpaired) electrons. The summed E-state index contributed by atoms with van der Waals surface area (Å²) in [7, 11) is -3.76. The van der Waals surface area contributed by atoms with E-state index in [-0.39, 0.29) is 16.8 Å². The molecule has 0 saturated carbocycles. The summed E-state index contributed by atoms with van der Waals surface area (Å²) in [6.07, 6.45) is 0.803. The zero-order valence-corrected chi connectivity index (χ0v) is 15.8. The van der Waals surface area contributed by atoms with Gasteiger partial charge in [0.15, 0.2) is 0 Å². The van der Waals surface area contributed by atoms with Crippen LogP contribution in [-0.2, 0) is 10.0 Å². The van der Waals surface area contributed by atoms with Crippen LogP contribution in [-0.4, -0.2) is 20.4 Å². The number of carbonyl (C=O) groups is 1. The van der Waals surface area contributed by atoms with E-state index >= 15 is 0 Å². The van der Waals surface area contributed by atoms with Crippen LogP contribution in [0.15, 0.2) is 47.4 Å². The molecule has 6 heteroatoms. The van der Waals surface area contributed by atoms with E-state index in [9.17, 15) is 13.2 Å². The number of rotatable bonds is 6. The molecule has 25 heavy (non-hydrogen) atoms. The normalized spacial score (nSPS) is 12.5. The maximum absolute atomic E-state index is 12.6. The summed E-state index contributed by atoms with van der Waals surface area (Å²) >= 11 is 0. The fraction of sp³-hybridized carbons (Fsp3) is 0.316. The highest BCUT2D eigenvalue weighted by Crippen LogP contribution is 2.20. The van der Waals surface area contributed by atoms with Crippen LogP contribution in [0.5, 0.6) is 0 Å². The van der Waals surface area contributed by atoms with Crippen molar-refractivity contribution in [3.63, 3.8) is 0 Å². The van der Waals surface area contributed by atoms with E-state index < -0.39 is 10.0 Å². The van der Waals surface area contributed by atoms with Gasteiger partial charge in [0, 0.05) is 17.3 Å². The van der Waals surface area contributed by atoms with E-state index in [1.54, 1.807) is 25.1 Å². The molecule has 0 fully saturated rings. The van der Waals surface area contributed by atoms with Gasteiger partial charge in [-0.15, -0.1) is 0 Å². The molecule has 0 aliphatic carbocycles. The van der Waals surface area contributed by atoms with Gasteiger partial charge in [0.25, 0.3) is 15.9 Å². The second-order valence-corrected chi connectivity index (χ2v) is 7.91. The fourth-order valence-corrected chi connectivity index (χ4v) is 3.34. The van der Waals surface area contributed by atoms with Crippen LogP contribution in [0.2, 0.25) is 0 Å². The lowest BCUT2D eigenvalue weighted by molar-refractivity contribution is 0.0938. The van der Waals surface area contributed by atoms with E-state index in [0.717, 1.165) is 17.5 Å². The molecule has 2 rings (SSSR count). The van der Waals surface area contributed by atoms with Crippen molar-refractivity contribution >= 4 is 21.6 Å². The maximum Gasteiger partial charge on any atom is 0.261 e. The number of sulfonamides is 1. The number of hydrogen-bond donors (Lipinski definition) is 2. The highest BCUT2D eigenvalue weighted by atomic mass is 32.2. The van der Waals surface area contributed by atoms with Crippen LogP contribution >= 0.6 is 0 Å². The maximum atomic E-state index is 12.6. The van der Waals surface area contributed by atoms with Crippen LogP contribution in [0.4, 0.5) is 5.69 Å². The molecule has 1 atom stereocenters. The zero-order valence-electron chi connectivity index (χ0n) is 15.0. The quantitative estimate of drug-likeness (QED) is 0.826. The summed E-state index contributed by atoms with van der Waals surface area (Å²) in [5.41, 5.74) is 2.63. The molecule has 0 aromatic heterocycles. The first-order valence-corrected chi connectivity index (χ1v) is 9.72.